The molecule has 1 aliphatic carbocycles. The zero-order valence-electron chi connectivity index (χ0n) is 10.3. The first-order chi connectivity index (χ1) is 6.64. The molecule has 0 radical (unpaired) electrons. The summed E-state index contributed by atoms with van der Waals surface area (Å²) in [6.07, 6.45) is 1.24. The fourth-order valence-corrected chi connectivity index (χ4v) is 1.83. The van der Waals surface area contributed by atoms with Gasteiger partial charge in [0.1, 0.15) is 11.1 Å². The van der Waals surface area contributed by atoms with Crippen LogP contribution >= 0.6 is 0 Å². The largest absolute Gasteiger partial charge is 0.459 e. The SMILES string of the molecule is CC1=C(C)CC(N)(C(=O)OC(C)(C)C)C1. The molecule has 15 heavy (non-hydrogen) atoms. The van der Waals surface area contributed by atoms with Gasteiger partial charge in [0.05, 0.1) is 0 Å². The Labute approximate surface area is 91.7 Å². The van der Waals surface area contributed by atoms with Crippen LogP contribution in [-0.4, -0.2) is 17.1 Å². The minimum absolute atomic E-state index is 0.286. The predicted octanol–water partition coefficient (Wildman–Crippen LogP) is 2.16. The zero-order chi connectivity index (χ0) is 11.9. The van der Waals surface area contributed by atoms with Gasteiger partial charge in [-0.05, 0) is 47.5 Å². The van der Waals surface area contributed by atoms with Crippen LogP contribution < -0.4 is 5.73 Å². The highest BCUT2D eigenvalue weighted by Gasteiger charge is 2.42. The summed E-state index contributed by atoms with van der Waals surface area (Å²) in [5.74, 6) is -0.286. The van der Waals surface area contributed by atoms with E-state index in [1.165, 1.54) is 11.1 Å². The summed E-state index contributed by atoms with van der Waals surface area (Å²) >= 11 is 0. The average molecular weight is 211 g/mol. The van der Waals surface area contributed by atoms with Crippen molar-refractivity contribution in [2.45, 2.75) is 58.6 Å². The standard InChI is InChI=1S/C12H21NO2/c1-8-6-12(13,7-9(8)2)10(14)15-11(3,4)5/h6-7,13H2,1-5H3. The second-order valence-corrected chi connectivity index (χ2v) is 5.57. The van der Waals surface area contributed by atoms with Crippen molar-refractivity contribution in [2.24, 2.45) is 5.73 Å². The Hall–Kier alpha value is -0.830. The number of esters is 1. The number of nitrogens with two attached hydrogens (primary N) is 1. The molecule has 0 spiro atoms. The number of rotatable bonds is 1. The molecule has 0 aromatic heterocycles. The maximum Gasteiger partial charge on any atom is 0.327 e. The van der Waals surface area contributed by atoms with Gasteiger partial charge >= 0.3 is 5.97 Å². The lowest BCUT2D eigenvalue weighted by Gasteiger charge is -2.28. The normalized spacial score (nSPS) is 20.7. The third kappa shape index (κ3) is 2.81. The van der Waals surface area contributed by atoms with E-state index in [-0.39, 0.29) is 5.97 Å². The van der Waals surface area contributed by atoms with Crippen LogP contribution in [0, 0.1) is 0 Å². The van der Waals surface area contributed by atoms with Crippen molar-refractivity contribution >= 4 is 5.97 Å². The number of carbonyl (C=O) groups is 1. The topological polar surface area (TPSA) is 52.3 Å². The second kappa shape index (κ2) is 3.63. The Bertz CT molecular complexity index is 296. The minimum atomic E-state index is -0.832. The lowest BCUT2D eigenvalue weighted by molar-refractivity contribution is -0.161. The van der Waals surface area contributed by atoms with E-state index in [0.29, 0.717) is 12.8 Å². The quantitative estimate of drug-likeness (QED) is 0.534. The molecule has 3 heteroatoms. The van der Waals surface area contributed by atoms with Gasteiger partial charge in [-0.25, -0.2) is 0 Å². The lowest BCUT2D eigenvalue weighted by Crippen LogP contribution is -2.49. The summed E-state index contributed by atoms with van der Waals surface area (Å²) in [6, 6.07) is 0. The molecule has 3 nitrogen and oxygen atoms in total. The van der Waals surface area contributed by atoms with E-state index in [1.54, 1.807) is 0 Å². The third-order valence-electron chi connectivity index (χ3n) is 2.70. The molecule has 0 atom stereocenters. The van der Waals surface area contributed by atoms with Crippen LogP contribution in [0.4, 0.5) is 0 Å². The Balaban J connectivity index is 2.71. The van der Waals surface area contributed by atoms with Gasteiger partial charge in [-0.3, -0.25) is 4.79 Å². The number of hydrogen-bond donors (Lipinski definition) is 1. The van der Waals surface area contributed by atoms with E-state index in [4.69, 9.17) is 10.5 Å². The van der Waals surface area contributed by atoms with Crippen LogP contribution in [0.3, 0.4) is 0 Å². The molecule has 0 saturated carbocycles. The molecule has 0 heterocycles. The fraction of sp³-hybridized carbons (Fsp3) is 0.750. The smallest absolute Gasteiger partial charge is 0.327 e. The van der Waals surface area contributed by atoms with Crippen LogP contribution in [0.25, 0.3) is 0 Å². The molecular formula is C12H21NO2. The van der Waals surface area contributed by atoms with E-state index >= 15 is 0 Å². The molecule has 0 saturated heterocycles. The minimum Gasteiger partial charge on any atom is -0.459 e. The molecule has 0 aliphatic heterocycles. The van der Waals surface area contributed by atoms with Crippen molar-refractivity contribution < 1.29 is 9.53 Å². The molecule has 0 bridgehead atoms. The van der Waals surface area contributed by atoms with Gasteiger partial charge in [0.2, 0.25) is 0 Å². The van der Waals surface area contributed by atoms with Crippen molar-refractivity contribution in [1.29, 1.82) is 0 Å². The first-order valence-corrected chi connectivity index (χ1v) is 5.32. The van der Waals surface area contributed by atoms with Crippen LogP contribution in [0.1, 0.15) is 47.5 Å². The van der Waals surface area contributed by atoms with Crippen LogP contribution in [0.5, 0.6) is 0 Å². The molecule has 0 amide bonds. The number of hydrogen-bond acceptors (Lipinski definition) is 3. The van der Waals surface area contributed by atoms with Crippen LogP contribution in [0.15, 0.2) is 11.1 Å². The van der Waals surface area contributed by atoms with Crippen molar-refractivity contribution in [3.63, 3.8) is 0 Å². The van der Waals surface area contributed by atoms with Crippen molar-refractivity contribution in [3.05, 3.63) is 11.1 Å². The zero-order valence-corrected chi connectivity index (χ0v) is 10.3. The van der Waals surface area contributed by atoms with Gasteiger partial charge in [0.15, 0.2) is 0 Å². The molecule has 1 rings (SSSR count). The van der Waals surface area contributed by atoms with Crippen LogP contribution in [-0.2, 0) is 9.53 Å². The maximum absolute atomic E-state index is 11.9. The van der Waals surface area contributed by atoms with Gasteiger partial charge in [0.25, 0.3) is 0 Å². The Morgan fingerprint density at radius 2 is 1.67 bits per heavy atom. The van der Waals surface area contributed by atoms with Crippen LogP contribution in [0.2, 0.25) is 0 Å². The van der Waals surface area contributed by atoms with Gasteiger partial charge in [0, 0.05) is 0 Å². The first-order valence-electron chi connectivity index (χ1n) is 5.32. The van der Waals surface area contributed by atoms with Crippen molar-refractivity contribution in [2.75, 3.05) is 0 Å². The molecule has 0 aromatic rings. The molecule has 86 valence electrons. The Morgan fingerprint density at radius 3 is 2.00 bits per heavy atom. The highest BCUT2D eigenvalue weighted by atomic mass is 16.6. The molecule has 0 fully saturated rings. The van der Waals surface area contributed by atoms with E-state index in [0.717, 1.165) is 0 Å². The van der Waals surface area contributed by atoms with E-state index in [1.807, 2.05) is 34.6 Å². The summed E-state index contributed by atoms with van der Waals surface area (Å²) in [4.78, 5) is 11.9. The summed E-state index contributed by atoms with van der Waals surface area (Å²) in [5, 5.41) is 0. The maximum atomic E-state index is 11.9. The monoisotopic (exact) mass is 211 g/mol. The van der Waals surface area contributed by atoms with Gasteiger partial charge in [-0.2, -0.15) is 0 Å². The van der Waals surface area contributed by atoms with Crippen molar-refractivity contribution in [3.8, 4) is 0 Å². The Kier molecular flexibility index (Phi) is 2.97. The summed E-state index contributed by atoms with van der Waals surface area (Å²) < 4.78 is 5.33. The average Bonchev–Trinajstić information content (AvgIpc) is 2.24. The first kappa shape index (κ1) is 12.2. The van der Waals surface area contributed by atoms with Gasteiger partial charge < -0.3 is 10.5 Å². The summed E-state index contributed by atoms with van der Waals surface area (Å²) in [7, 11) is 0. The lowest BCUT2D eigenvalue weighted by atomic mass is 9.96. The van der Waals surface area contributed by atoms with E-state index < -0.39 is 11.1 Å². The Morgan fingerprint density at radius 1 is 1.27 bits per heavy atom. The van der Waals surface area contributed by atoms with Crippen molar-refractivity contribution in [1.82, 2.24) is 0 Å². The molecule has 2 N–H and O–H groups in total. The van der Waals surface area contributed by atoms with Gasteiger partial charge in [-0.15, -0.1) is 0 Å². The molecule has 1 aliphatic rings. The van der Waals surface area contributed by atoms with Gasteiger partial charge in [-0.1, -0.05) is 11.1 Å². The third-order valence-corrected chi connectivity index (χ3v) is 2.70. The number of ether oxygens (including phenoxy) is 1. The fourth-order valence-electron chi connectivity index (χ4n) is 1.83. The van der Waals surface area contributed by atoms with E-state index in [2.05, 4.69) is 0 Å². The number of carbonyl (C=O) groups excluding carboxylic acids is 1. The molecular weight excluding hydrogens is 190 g/mol. The van der Waals surface area contributed by atoms with E-state index in [9.17, 15) is 4.79 Å². The molecule has 0 unspecified atom stereocenters. The predicted molar refractivity (Wildman–Crippen MR) is 60.4 cm³/mol. The molecule has 0 aromatic carbocycles. The highest BCUT2D eigenvalue weighted by Crippen LogP contribution is 2.34. The summed E-state index contributed by atoms with van der Waals surface area (Å²) in [5.41, 5.74) is 7.20. The second-order valence-electron chi connectivity index (χ2n) is 5.57. The highest BCUT2D eigenvalue weighted by molar-refractivity contribution is 5.82. The summed E-state index contributed by atoms with van der Waals surface area (Å²) in [6.45, 7) is 9.62.